The average molecular weight is 275 g/mol. The lowest BCUT2D eigenvalue weighted by Crippen LogP contribution is -2.29. The van der Waals surface area contributed by atoms with Crippen LogP contribution in [-0.2, 0) is 0 Å². The van der Waals surface area contributed by atoms with Crippen LogP contribution in [0.4, 0.5) is 11.4 Å². The predicted molar refractivity (Wildman–Crippen MR) is 88.4 cm³/mol. The van der Waals surface area contributed by atoms with Gasteiger partial charge in [-0.25, -0.2) is 0 Å². The number of piperidine rings is 1. The summed E-state index contributed by atoms with van der Waals surface area (Å²) in [4.78, 5) is 2.49. The zero-order valence-corrected chi connectivity index (χ0v) is 12.9. The molecular weight excluding hydrogens is 246 g/mol. The van der Waals surface area contributed by atoms with Gasteiger partial charge in [0.15, 0.2) is 0 Å². The van der Waals surface area contributed by atoms with Gasteiger partial charge in [-0.2, -0.15) is 0 Å². The molecule has 1 aliphatic heterocycles. The second-order valence-electron chi connectivity index (χ2n) is 6.22. The van der Waals surface area contributed by atoms with E-state index in [1.165, 1.54) is 43.7 Å². The first-order valence-corrected chi connectivity index (χ1v) is 7.99. The Hall–Kier alpha value is -1.22. The van der Waals surface area contributed by atoms with Crippen molar-refractivity contribution in [3.63, 3.8) is 0 Å². The van der Waals surface area contributed by atoms with E-state index in [9.17, 15) is 0 Å². The summed E-state index contributed by atoms with van der Waals surface area (Å²) in [6.07, 6.45) is 4.03. The summed E-state index contributed by atoms with van der Waals surface area (Å²) in [5.41, 5.74) is 8.37. The maximum absolute atomic E-state index is 5.81. The van der Waals surface area contributed by atoms with Crippen LogP contribution in [0.5, 0.6) is 0 Å². The van der Waals surface area contributed by atoms with Crippen molar-refractivity contribution in [1.82, 2.24) is 0 Å². The predicted octanol–water partition coefficient (Wildman–Crippen LogP) is 3.32. The van der Waals surface area contributed by atoms with Crippen LogP contribution in [0.1, 0.15) is 33.1 Å². The number of nitrogens with zero attached hydrogens (tertiary/aromatic N) is 1. The largest absolute Gasteiger partial charge is 0.385 e. The van der Waals surface area contributed by atoms with Crippen LogP contribution in [0.15, 0.2) is 24.3 Å². The summed E-state index contributed by atoms with van der Waals surface area (Å²) in [5, 5.41) is 3.51. The molecule has 0 radical (unpaired) electrons. The molecule has 2 rings (SSSR count). The second-order valence-corrected chi connectivity index (χ2v) is 6.22. The van der Waals surface area contributed by atoms with Crippen molar-refractivity contribution in [2.45, 2.75) is 33.1 Å². The first kappa shape index (κ1) is 15.2. The Kier molecular flexibility index (Phi) is 5.72. The zero-order valence-electron chi connectivity index (χ0n) is 12.9. The molecule has 0 spiro atoms. The van der Waals surface area contributed by atoms with Gasteiger partial charge < -0.3 is 16.0 Å². The van der Waals surface area contributed by atoms with Gasteiger partial charge in [0.05, 0.1) is 0 Å². The average Bonchev–Trinajstić information content (AvgIpc) is 2.49. The molecule has 0 aromatic heterocycles. The van der Waals surface area contributed by atoms with Crippen LogP contribution in [0, 0.1) is 11.8 Å². The highest BCUT2D eigenvalue weighted by molar-refractivity contribution is 5.55. The van der Waals surface area contributed by atoms with Crippen LogP contribution in [-0.4, -0.2) is 26.2 Å². The maximum atomic E-state index is 5.81. The van der Waals surface area contributed by atoms with Gasteiger partial charge in [0.2, 0.25) is 0 Å². The molecule has 0 saturated carbocycles. The van der Waals surface area contributed by atoms with Gasteiger partial charge in [-0.3, -0.25) is 0 Å². The molecule has 1 fully saturated rings. The fourth-order valence-electron chi connectivity index (χ4n) is 2.78. The molecule has 1 heterocycles. The van der Waals surface area contributed by atoms with Crippen molar-refractivity contribution in [3.8, 4) is 0 Å². The second kappa shape index (κ2) is 7.53. The third-order valence-corrected chi connectivity index (χ3v) is 4.40. The van der Waals surface area contributed by atoms with Crippen LogP contribution in [0.25, 0.3) is 0 Å². The molecule has 1 unspecified atom stereocenters. The molecule has 1 aliphatic rings. The van der Waals surface area contributed by atoms with Gasteiger partial charge in [0.25, 0.3) is 0 Å². The van der Waals surface area contributed by atoms with Crippen molar-refractivity contribution >= 4 is 11.4 Å². The minimum Gasteiger partial charge on any atom is -0.385 e. The lowest BCUT2D eigenvalue weighted by Gasteiger charge is -2.29. The summed E-state index contributed by atoms with van der Waals surface area (Å²) >= 11 is 0. The molecule has 112 valence electrons. The molecule has 1 saturated heterocycles. The molecule has 3 N–H and O–H groups in total. The van der Waals surface area contributed by atoms with Crippen LogP contribution < -0.4 is 16.0 Å². The maximum Gasteiger partial charge on any atom is 0.0367 e. The van der Waals surface area contributed by atoms with Crippen molar-refractivity contribution in [2.24, 2.45) is 17.6 Å². The molecule has 0 bridgehead atoms. The Morgan fingerprint density at radius 1 is 1.10 bits per heavy atom. The number of anilines is 2. The molecule has 1 aromatic carbocycles. The fourth-order valence-corrected chi connectivity index (χ4v) is 2.78. The lowest BCUT2D eigenvalue weighted by atomic mass is 9.96. The summed E-state index contributed by atoms with van der Waals surface area (Å²) < 4.78 is 0. The number of hydrogen-bond donors (Lipinski definition) is 2. The monoisotopic (exact) mass is 275 g/mol. The Labute approximate surface area is 123 Å². The quantitative estimate of drug-likeness (QED) is 0.837. The van der Waals surface area contributed by atoms with E-state index in [2.05, 4.69) is 48.3 Å². The Bertz CT molecular complexity index is 380. The molecule has 0 amide bonds. The Morgan fingerprint density at radius 3 is 2.30 bits per heavy atom. The minimum absolute atomic E-state index is 0.539. The number of nitrogens with two attached hydrogens (primary N) is 1. The van der Waals surface area contributed by atoms with E-state index in [0.29, 0.717) is 11.8 Å². The smallest absolute Gasteiger partial charge is 0.0367 e. The number of rotatable bonds is 6. The third kappa shape index (κ3) is 4.14. The van der Waals surface area contributed by atoms with Gasteiger partial charge >= 0.3 is 0 Å². The molecule has 3 heteroatoms. The molecule has 1 aromatic rings. The number of hydrogen-bond acceptors (Lipinski definition) is 3. The zero-order chi connectivity index (χ0) is 14.4. The SMILES string of the molecule is CC(C)C(CN)CNc1ccc(N2CCCCC2)cc1. The number of nitrogens with one attached hydrogen (secondary N) is 1. The molecule has 0 aliphatic carbocycles. The van der Waals surface area contributed by atoms with Gasteiger partial charge in [0.1, 0.15) is 0 Å². The van der Waals surface area contributed by atoms with E-state index in [1.807, 2.05) is 0 Å². The minimum atomic E-state index is 0.539. The molecular formula is C17H29N3. The number of benzene rings is 1. The van der Waals surface area contributed by atoms with Gasteiger partial charge in [-0.15, -0.1) is 0 Å². The molecule has 20 heavy (non-hydrogen) atoms. The van der Waals surface area contributed by atoms with Gasteiger partial charge in [0, 0.05) is 31.0 Å². The highest BCUT2D eigenvalue weighted by Crippen LogP contribution is 2.22. The summed E-state index contributed by atoms with van der Waals surface area (Å²) in [7, 11) is 0. The standard InChI is InChI=1S/C17H29N3/c1-14(2)15(12-18)13-19-16-6-8-17(9-7-16)20-10-4-3-5-11-20/h6-9,14-15,19H,3-5,10-13,18H2,1-2H3. The Morgan fingerprint density at radius 2 is 1.75 bits per heavy atom. The van der Waals surface area contributed by atoms with Crippen LogP contribution in [0.3, 0.4) is 0 Å². The molecule has 1 atom stereocenters. The van der Waals surface area contributed by atoms with E-state index in [0.717, 1.165) is 13.1 Å². The van der Waals surface area contributed by atoms with Crippen molar-refractivity contribution in [2.75, 3.05) is 36.4 Å². The topological polar surface area (TPSA) is 41.3 Å². The van der Waals surface area contributed by atoms with E-state index in [4.69, 9.17) is 5.73 Å². The van der Waals surface area contributed by atoms with E-state index in [-0.39, 0.29) is 0 Å². The lowest BCUT2D eigenvalue weighted by molar-refractivity contribution is 0.413. The van der Waals surface area contributed by atoms with Crippen molar-refractivity contribution in [3.05, 3.63) is 24.3 Å². The van der Waals surface area contributed by atoms with Crippen LogP contribution in [0.2, 0.25) is 0 Å². The van der Waals surface area contributed by atoms with Gasteiger partial charge in [-0.05, 0) is 61.9 Å². The van der Waals surface area contributed by atoms with Gasteiger partial charge in [-0.1, -0.05) is 13.8 Å². The third-order valence-electron chi connectivity index (χ3n) is 4.40. The Balaban J connectivity index is 1.87. The highest BCUT2D eigenvalue weighted by atomic mass is 15.1. The summed E-state index contributed by atoms with van der Waals surface area (Å²) in [6.45, 7) is 8.58. The van der Waals surface area contributed by atoms with E-state index < -0.39 is 0 Å². The van der Waals surface area contributed by atoms with Crippen LogP contribution >= 0.6 is 0 Å². The first-order chi connectivity index (χ1) is 9.70. The van der Waals surface area contributed by atoms with Crippen molar-refractivity contribution < 1.29 is 0 Å². The van der Waals surface area contributed by atoms with E-state index in [1.54, 1.807) is 0 Å². The van der Waals surface area contributed by atoms with Crippen molar-refractivity contribution in [1.29, 1.82) is 0 Å². The fraction of sp³-hybridized carbons (Fsp3) is 0.647. The normalized spacial score (nSPS) is 17.3. The highest BCUT2D eigenvalue weighted by Gasteiger charge is 2.12. The first-order valence-electron chi connectivity index (χ1n) is 7.99. The summed E-state index contributed by atoms with van der Waals surface area (Å²) in [5.74, 6) is 1.16. The molecule has 3 nitrogen and oxygen atoms in total. The summed E-state index contributed by atoms with van der Waals surface area (Å²) in [6, 6.07) is 8.86. The van der Waals surface area contributed by atoms with E-state index >= 15 is 0 Å².